The Morgan fingerprint density at radius 1 is 1.24 bits per heavy atom. The number of furan rings is 1. The zero-order valence-electron chi connectivity index (χ0n) is 16.0. The van der Waals surface area contributed by atoms with Crippen LogP contribution in [0, 0.1) is 0 Å². The number of ether oxygens (including phenoxy) is 2. The van der Waals surface area contributed by atoms with E-state index >= 15 is 0 Å². The number of benzene rings is 1. The molecule has 1 aliphatic rings. The summed E-state index contributed by atoms with van der Waals surface area (Å²) in [4.78, 5) is 30.8. The highest BCUT2D eigenvalue weighted by Crippen LogP contribution is 2.31. The first-order valence-electron chi connectivity index (χ1n) is 8.82. The van der Waals surface area contributed by atoms with Gasteiger partial charge >= 0.3 is 5.97 Å². The number of aromatic nitrogens is 1. The lowest BCUT2D eigenvalue weighted by molar-refractivity contribution is -0.136. The molecule has 1 atom stereocenters. The lowest BCUT2D eigenvalue weighted by Crippen LogP contribution is -2.39. The molecule has 3 heterocycles. The number of hydrogen-bond donors (Lipinski definition) is 0. The van der Waals surface area contributed by atoms with Crippen LogP contribution in [0.1, 0.15) is 24.3 Å². The van der Waals surface area contributed by atoms with Gasteiger partial charge in [0.2, 0.25) is 0 Å². The Bertz CT molecular complexity index is 1260. The normalized spacial score (nSPS) is 16.4. The van der Waals surface area contributed by atoms with E-state index in [0.29, 0.717) is 32.1 Å². The number of thiazole rings is 1. The van der Waals surface area contributed by atoms with Crippen LogP contribution in [0.15, 0.2) is 68.1 Å². The van der Waals surface area contributed by atoms with Gasteiger partial charge in [-0.3, -0.25) is 9.36 Å². The van der Waals surface area contributed by atoms with E-state index in [0.717, 1.165) is 5.56 Å². The molecule has 29 heavy (non-hydrogen) atoms. The lowest BCUT2D eigenvalue weighted by Gasteiger charge is -2.24. The van der Waals surface area contributed by atoms with Gasteiger partial charge in [-0.1, -0.05) is 23.5 Å². The van der Waals surface area contributed by atoms with Gasteiger partial charge in [-0.2, -0.15) is 0 Å². The van der Waals surface area contributed by atoms with Gasteiger partial charge in [-0.15, -0.1) is 0 Å². The summed E-state index contributed by atoms with van der Waals surface area (Å²) < 4.78 is 17.5. The van der Waals surface area contributed by atoms with E-state index < -0.39 is 12.0 Å². The highest BCUT2D eigenvalue weighted by molar-refractivity contribution is 7.07. The Balaban J connectivity index is 1.97. The van der Waals surface area contributed by atoms with Crippen molar-refractivity contribution >= 4 is 23.4 Å². The molecule has 7 nitrogen and oxygen atoms in total. The van der Waals surface area contributed by atoms with Crippen LogP contribution < -0.4 is 19.6 Å². The molecule has 0 amide bonds. The van der Waals surface area contributed by atoms with Crippen molar-refractivity contribution < 1.29 is 18.7 Å². The van der Waals surface area contributed by atoms with Gasteiger partial charge in [0.25, 0.3) is 5.56 Å². The molecule has 0 N–H and O–H groups in total. The van der Waals surface area contributed by atoms with Crippen LogP contribution in [-0.4, -0.2) is 24.8 Å². The van der Waals surface area contributed by atoms with Gasteiger partial charge in [-0.05, 0) is 36.8 Å². The molecule has 0 bridgehead atoms. The van der Waals surface area contributed by atoms with E-state index in [-0.39, 0.29) is 5.56 Å². The molecular weight excluding hydrogens is 392 g/mol. The van der Waals surface area contributed by atoms with E-state index in [1.54, 1.807) is 50.6 Å². The second-order valence-corrected chi connectivity index (χ2v) is 7.37. The second-order valence-electron chi connectivity index (χ2n) is 6.36. The molecule has 0 aliphatic carbocycles. The number of carbonyl (C=O) groups is 1. The molecule has 0 saturated carbocycles. The Hall–Kier alpha value is -3.39. The van der Waals surface area contributed by atoms with Crippen LogP contribution in [0.25, 0.3) is 6.08 Å². The Morgan fingerprint density at radius 2 is 2.00 bits per heavy atom. The summed E-state index contributed by atoms with van der Waals surface area (Å²) in [6, 6.07) is 10.1. The maximum Gasteiger partial charge on any atom is 0.338 e. The smallest absolute Gasteiger partial charge is 0.338 e. The molecule has 2 aromatic heterocycles. The zero-order chi connectivity index (χ0) is 20.5. The molecule has 8 heteroatoms. The molecule has 0 unspecified atom stereocenters. The Morgan fingerprint density at radius 3 is 2.62 bits per heavy atom. The van der Waals surface area contributed by atoms with Crippen LogP contribution in [0.2, 0.25) is 0 Å². The summed E-state index contributed by atoms with van der Waals surface area (Å²) in [5, 5.41) is 0. The van der Waals surface area contributed by atoms with Crippen LogP contribution in [0.4, 0.5) is 0 Å². The number of allylic oxidation sites excluding steroid dienone is 1. The summed E-state index contributed by atoms with van der Waals surface area (Å²) >= 11 is 1.25. The molecule has 0 saturated heterocycles. The Labute approximate surface area is 169 Å². The minimum atomic E-state index is -0.650. The van der Waals surface area contributed by atoms with E-state index in [1.807, 2.05) is 12.1 Å². The standard InChI is InChI=1S/C21H18N2O5S/c1-12-17(20(25)27-3)18(13-6-8-14(26-2)9-7-13)23-19(24)16(29-21(23)22-12)11-15-5-4-10-28-15/h4-11,18H,1-3H3/b16-11-/t18-/m1/s1. The zero-order valence-corrected chi connectivity index (χ0v) is 16.9. The largest absolute Gasteiger partial charge is 0.497 e. The van der Waals surface area contributed by atoms with E-state index in [9.17, 15) is 9.59 Å². The average Bonchev–Trinajstić information content (AvgIpc) is 3.35. The quantitative estimate of drug-likeness (QED) is 0.615. The fourth-order valence-electron chi connectivity index (χ4n) is 3.30. The number of esters is 1. The highest BCUT2D eigenvalue weighted by atomic mass is 32.1. The van der Waals surface area contributed by atoms with Crippen molar-refractivity contribution in [1.82, 2.24) is 4.57 Å². The number of fused-ring (bicyclic) bond motifs is 1. The number of methoxy groups -OCH3 is 2. The van der Waals surface area contributed by atoms with Crippen LogP contribution in [0.5, 0.6) is 5.75 Å². The van der Waals surface area contributed by atoms with Crippen molar-refractivity contribution in [2.24, 2.45) is 4.99 Å². The molecule has 4 rings (SSSR count). The van der Waals surface area contributed by atoms with Crippen molar-refractivity contribution in [2.75, 3.05) is 14.2 Å². The fraction of sp³-hybridized carbons (Fsp3) is 0.190. The first kappa shape index (κ1) is 18.9. The van der Waals surface area contributed by atoms with E-state index in [4.69, 9.17) is 13.9 Å². The maximum absolute atomic E-state index is 13.3. The summed E-state index contributed by atoms with van der Waals surface area (Å²) in [6.45, 7) is 1.74. The third kappa shape index (κ3) is 3.31. The fourth-order valence-corrected chi connectivity index (χ4v) is 4.32. The molecular formula is C21H18N2O5S. The van der Waals surface area contributed by atoms with Crippen molar-refractivity contribution in [3.05, 3.63) is 84.9 Å². The SMILES string of the molecule is COC(=O)C1=C(C)N=c2s/c(=C\c3ccco3)c(=O)n2[C@@H]1c1ccc(OC)cc1. The summed E-state index contributed by atoms with van der Waals surface area (Å²) in [7, 11) is 2.90. The molecule has 3 aromatic rings. The Kier molecular flexibility index (Phi) is 4.94. The minimum Gasteiger partial charge on any atom is -0.497 e. The number of carbonyl (C=O) groups excluding carboxylic acids is 1. The minimum absolute atomic E-state index is 0.250. The van der Waals surface area contributed by atoms with Crippen molar-refractivity contribution in [2.45, 2.75) is 13.0 Å². The van der Waals surface area contributed by atoms with E-state index in [1.165, 1.54) is 23.0 Å². The molecule has 148 valence electrons. The second kappa shape index (κ2) is 7.56. The van der Waals surface area contributed by atoms with Gasteiger partial charge < -0.3 is 13.9 Å². The molecule has 1 aliphatic heterocycles. The first-order chi connectivity index (χ1) is 14.0. The average molecular weight is 410 g/mol. The van der Waals surface area contributed by atoms with Gasteiger partial charge in [-0.25, -0.2) is 9.79 Å². The van der Waals surface area contributed by atoms with Crippen LogP contribution in [0.3, 0.4) is 0 Å². The molecule has 0 radical (unpaired) electrons. The van der Waals surface area contributed by atoms with Gasteiger partial charge in [0.05, 0.1) is 42.3 Å². The number of hydrogen-bond acceptors (Lipinski definition) is 7. The van der Waals surface area contributed by atoms with Gasteiger partial charge in [0, 0.05) is 6.08 Å². The number of rotatable bonds is 4. The monoisotopic (exact) mass is 410 g/mol. The summed E-state index contributed by atoms with van der Waals surface area (Å²) in [6.07, 6.45) is 3.22. The van der Waals surface area contributed by atoms with Crippen molar-refractivity contribution in [3.63, 3.8) is 0 Å². The molecule has 0 spiro atoms. The highest BCUT2D eigenvalue weighted by Gasteiger charge is 2.33. The van der Waals surface area contributed by atoms with E-state index in [2.05, 4.69) is 4.99 Å². The van der Waals surface area contributed by atoms with Gasteiger partial charge in [0.1, 0.15) is 11.5 Å². The van der Waals surface area contributed by atoms with Crippen molar-refractivity contribution in [1.29, 1.82) is 0 Å². The van der Waals surface area contributed by atoms with Crippen LogP contribution in [-0.2, 0) is 9.53 Å². The summed E-state index contributed by atoms with van der Waals surface area (Å²) in [5.74, 6) is 0.729. The van der Waals surface area contributed by atoms with Crippen LogP contribution >= 0.6 is 11.3 Å². The first-order valence-corrected chi connectivity index (χ1v) is 9.63. The third-order valence-corrected chi connectivity index (χ3v) is 5.66. The number of nitrogens with zero attached hydrogens (tertiary/aromatic N) is 2. The summed E-state index contributed by atoms with van der Waals surface area (Å²) in [5.41, 5.74) is 1.35. The topological polar surface area (TPSA) is 83.0 Å². The van der Waals surface area contributed by atoms with Gasteiger partial charge in [0.15, 0.2) is 4.80 Å². The van der Waals surface area contributed by atoms with Crippen molar-refractivity contribution in [3.8, 4) is 5.75 Å². The third-order valence-electron chi connectivity index (χ3n) is 4.68. The molecule has 0 fully saturated rings. The predicted octanol–water partition coefficient (Wildman–Crippen LogP) is 2.01. The molecule has 1 aromatic carbocycles. The predicted molar refractivity (Wildman–Crippen MR) is 107 cm³/mol. The lowest BCUT2D eigenvalue weighted by atomic mass is 9.96. The maximum atomic E-state index is 13.3.